The van der Waals surface area contributed by atoms with Crippen LogP contribution in [0.1, 0.15) is 20.8 Å². The second kappa shape index (κ2) is 5.86. The number of anilines is 1. The maximum absolute atomic E-state index is 12.1. The molecule has 1 heterocycles. The van der Waals surface area contributed by atoms with Crippen LogP contribution in [0.4, 0.5) is 5.69 Å². The summed E-state index contributed by atoms with van der Waals surface area (Å²) in [6.45, 7) is 5.12. The number of sulfonamides is 1. The molecule has 2 N–H and O–H groups in total. The van der Waals surface area contributed by atoms with Crippen LogP contribution >= 0.6 is 0 Å². The number of aliphatic hydroxyl groups excluding tert-OH is 1. The van der Waals surface area contributed by atoms with Crippen LogP contribution in [0, 0.1) is 0 Å². The van der Waals surface area contributed by atoms with Gasteiger partial charge < -0.3 is 14.7 Å². The van der Waals surface area contributed by atoms with Gasteiger partial charge in [-0.05, 0) is 32.0 Å². The SMILES string of the molecule is CC(=O)N1CC(C)(C)Oc2ccc(S(=O)(=O)NCCO)cc21. The summed E-state index contributed by atoms with van der Waals surface area (Å²) in [6, 6.07) is 4.36. The van der Waals surface area contributed by atoms with Gasteiger partial charge in [-0.25, -0.2) is 13.1 Å². The predicted molar refractivity (Wildman–Crippen MR) is 81.5 cm³/mol. The van der Waals surface area contributed by atoms with Crippen molar-refractivity contribution in [3.8, 4) is 5.75 Å². The van der Waals surface area contributed by atoms with Crippen LogP contribution in [0.15, 0.2) is 23.1 Å². The van der Waals surface area contributed by atoms with Crippen LogP contribution < -0.4 is 14.4 Å². The molecule has 1 aliphatic rings. The van der Waals surface area contributed by atoms with Crippen LogP contribution in [0.2, 0.25) is 0 Å². The third-order valence-corrected chi connectivity index (χ3v) is 4.70. The van der Waals surface area contributed by atoms with Crippen molar-refractivity contribution in [1.29, 1.82) is 0 Å². The zero-order valence-electron chi connectivity index (χ0n) is 12.8. The Balaban J connectivity index is 2.46. The standard InChI is InChI=1S/C14H20N2O5S/c1-10(18)16-9-14(2,3)21-13-5-4-11(8-12(13)16)22(19,20)15-6-7-17/h4-5,8,15,17H,6-7,9H2,1-3H3. The molecule has 0 spiro atoms. The first-order chi connectivity index (χ1) is 10.2. The summed E-state index contributed by atoms with van der Waals surface area (Å²) in [5.74, 6) is 0.281. The molecule has 0 unspecified atom stereocenters. The molecule has 0 saturated heterocycles. The third kappa shape index (κ3) is 3.40. The van der Waals surface area contributed by atoms with Crippen LogP contribution in [0.25, 0.3) is 0 Å². The Kier molecular flexibility index (Phi) is 4.46. The second-order valence-corrected chi connectivity index (χ2v) is 7.48. The lowest BCUT2D eigenvalue weighted by Crippen LogP contribution is -2.48. The Morgan fingerprint density at radius 1 is 1.45 bits per heavy atom. The van der Waals surface area contributed by atoms with E-state index in [9.17, 15) is 13.2 Å². The van der Waals surface area contributed by atoms with Gasteiger partial charge in [0, 0.05) is 13.5 Å². The molecule has 0 fully saturated rings. The third-order valence-electron chi connectivity index (χ3n) is 3.24. The summed E-state index contributed by atoms with van der Waals surface area (Å²) >= 11 is 0. The molecule has 0 atom stereocenters. The van der Waals surface area contributed by atoms with Crippen molar-refractivity contribution in [3.05, 3.63) is 18.2 Å². The number of carbonyl (C=O) groups is 1. The van der Waals surface area contributed by atoms with Gasteiger partial charge in [-0.3, -0.25) is 4.79 Å². The van der Waals surface area contributed by atoms with E-state index in [1.165, 1.54) is 24.0 Å². The van der Waals surface area contributed by atoms with Crippen molar-refractivity contribution < 1.29 is 23.1 Å². The van der Waals surface area contributed by atoms with Gasteiger partial charge in [0.1, 0.15) is 11.4 Å². The first-order valence-corrected chi connectivity index (χ1v) is 8.36. The molecule has 1 aliphatic heterocycles. The minimum Gasteiger partial charge on any atom is -0.484 e. The van der Waals surface area contributed by atoms with Gasteiger partial charge >= 0.3 is 0 Å². The van der Waals surface area contributed by atoms with Gasteiger partial charge in [-0.1, -0.05) is 0 Å². The number of nitrogens with one attached hydrogen (secondary N) is 1. The number of nitrogens with zero attached hydrogens (tertiary/aromatic N) is 1. The van der Waals surface area contributed by atoms with Crippen molar-refractivity contribution in [2.24, 2.45) is 0 Å². The molecule has 0 bridgehead atoms. The molecule has 1 aromatic rings. The van der Waals surface area contributed by atoms with E-state index < -0.39 is 15.6 Å². The Bertz CT molecular complexity index is 684. The molecular formula is C14H20N2O5S. The lowest BCUT2D eigenvalue weighted by molar-refractivity contribution is -0.117. The first-order valence-electron chi connectivity index (χ1n) is 6.88. The lowest BCUT2D eigenvalue weighted by atomic mass is 10.1. The zero-order chi connectivity index (χ0) is 16.5. The van der Waals surface area contributed by atoms with E-state index in [4.69, 9.17) is 9.84 Å². The number of hydrogen-bond acceptors (Lipinski definition) is 5. The lowest BCUT2D eigenvalue weighted by Gasteiger charge is -2.39. The zero-order valence-corrected chi connectivity index (χ0v) is 13.6. The van der Waals surface area contributed by atoms with Gasteiger partial charge in [0.25, 0.3) is 0 Å². The Morgan fingerprint density at radius 3 is 2.73 bits per heavy atom. The van der Waals surface area contributed by atoms with Gasteiger partial charge in [-0.2, -0.15) is 0 Å². The summed E-state index contributed by atoms with van der Waals surface area (Å²) in [6.07, 6.45) is 0. The van der Waals surface area contributed by atoms with Crippen molar-refractivity contribution in [2.75, 3.05) is 24.6 Å². The van der Waals surface area contributed by atoms with E-state index in [2.05, 4.69) is 4.72 Å². The summed E-state index contributed by atoms with van der Waals surface area (Å²) < 4.78 is 32.3. The summed E-state index contributed by atoms with van der Waals surface area (Å²) in [7, 11) is -3.74. The molecule has 1 amide bonds. The number of fused-ring (bicyclic) bond motifs is 1. The smallest absolute Gasteiger partial charge is 0.240 e. The molecule has 7 nitrogen and oxygen atoms in total. The molecule has 0 aromatic heterocycles. The van der Waals surface area contributed by atoms with Crippen molar-refractivity contribution >= 4 is 21.6 Å². The normalized spacial score (nSPS) is 16.8. The summed E-state index contributed by atoms with van der Waals surface area (Å²) in [5.41, 5.74) is -0.118. The second-order valence-electron chi connectivity index (χ2n) is 5.72. The molecule has 2 rings (SSSR count). The molecule has 1 aromatic carbocycles. The highest BCUT2D eigenvalue weighted by Crippen LogP contribution is 2.38. The van der Waals surface area contributed by atoms with Gasteiger partial charge in [0.15, 0.2) is 0 Å². The number of rotatable bonds is 4. The monoisotopic (exact) mass is 328 g/mol. The van der Waals surface area contributed by atoms with Gasteiger partial charge in [-0.15, -0.1) is 0 Å². The number of carbonyl (C=O) groups excluding carboxylic acids is 1. The number of benzene rings is 1. The molecule has 0 radical (unpaired) electrons. The van der Waals surface area contributed by atoms with E-state index >= 15 is 0 Å². The Morgan fingerprint density at radius 2 is 2.14 bits per heavy atom. The average Bonchev–Trinajstić information content (AvgIpc) is 2.42. The Hall–Kier alpha value is -1.64. The number of ether oxygens (including phenoxy) is 1. The first kappa shape index (κ1) is 16.7. The fourth-order valence-electron chi connectivity index (χ4n) is 2.30. The minimum atomic E-state index is -3.74. The van der Waals surface area contributed by atoms with E-state index in [0.29, 0.717) is 18.0 Å². The molecule has 0 aliphatic carbocycles. The van der Waals surface area contributed by atoms with Crippen molar-refractivity contribution in [2.45, 2.75) is 31.3 Å². The average molecular weight is 328 g/mol. The molecular weight excluding hydrogens is 308 g/mol. The number of amides is 1. The van der Waals surface area contributed by atoms with Gasteiger partial charge in [0.2, 0.25) is 15.9 Å². The summed E-state index contributed by atoms with van der Waals surface area (Å²) in [4.78, 5) is 13.4. The quantitative estimate of drug-likeness (QED) is 0.838. The topological polar surface area (TPSA) is 95.9 Å². The highest BCUT2D eigenvalue weighted by molar-refractivity contribution is 7.89. The van der Waals surface area contributed by atoms with Gasteiger partial charge in [0.05, 0.1) is 23.7 Å². The minimum absolute atomic E-state index is 0.0225. The van der Waals surface area contributed by atoms with Crippen molar-refractivity contribution in [3.63, 3.8) is 0 Å². The maximum Gasteiger partial charge on any atom is 0.240 e. The van der Waals surface area contributed by atoms with E-state index in [1.807, 2.05) is 13.8 Å². The van der Waals surface area contributed by atoms with E-state index in [1.54, 1.807) is 6.07 Å². The largest absolute Gasteiger partial charge is 0.484 e. The molecule has 122 valence electrons. The fourth-order valence-corrected chi connectivity index (χ4v) is 3.34. The highest BCUT2D eigenvalue weighted by Gasteiger charge is 2.34. The fraction of sp³-hybridized carbons (Fsp3) is 0.500. The molecule has 0 saturated carbocycles. The number of hydrogen-bond donors (Lipinski definition) is 2. The van der Waals surface area contributed by atoms with Crippen LogP contribution in [-0.4, -0.2) is 44.7 Å². The summed E-state index contributed by atoms with van der Waals surface area (Å²) in [5, 5.41) is 8.74. The maximum atomic E-state index is 12.1. The van der Waals surface area contributed by atoms with Crippen LogP contribution in [-0.2, 0) is 14.8 Å². The molecule has 22 heavy (non-hydrogen) atoms. The van der Waals surface area contributed by atoms with E-state index in [0.717, 1.165) is 0 Å². The number of aliphatic hydroxyl groups is 1. The van der Waals surface area contributed by atoms with Crippen LogP contribution in [0.5, 0.6) is 5.75 Å². The van der Waals surface area contributed by atoms with Crippen molar-refractivity contribution in [1.82, 2.24) is 4.72 Å². The van der Waals surface area contributed by atoms with E-state index in [-0.39, 0.29) is 24.0 Å². The molecule has 8 heteroatoms. The Labute approximate surface area is 129 Å². The van der Waals surface area contributed by atoms with Crippen LogP contribution in [0.3, 0.4) is 0 Å². The predicted octanol–water partition coefficient (Wildman–Crippen LogP) is 0.481. The highest BCUT2D eigenvalue weighted by atomic mass is 32.2.